The quantitative estimate of drug-likeness (QED) is 0.497. The number of rotatable bonds is 3. The first-order valence-electron chi connectivity index (χ1n) is 7.95. The molecule has 0 fully saturated rings. The lowest BCUT2D eigenvalue weighted by Crippen LogP contribution is -1.97. The van der Waals surface area contributed by atoms with Crippen LogP contribution in [0.4, 0.5) is 0 Å². The first-order chi connectivity index (χ1) is 13.2. The van der Waals surface area contributed by atoms with Crippen LogP contribution in [0, 0.1) is 18.3 Å². The number of nitrogens with zero attached hydrogens (tertiary/aromatic N) is 6. The van der Waals surface area contributed by atoms with Crippen LogP contribution in [0.1, 0.15) is 11.3 Å². The molecule has 130 valence electrons. The molecule has 1 aromatic carbocycles. The van der Waals surface area contributed by atoms with Crippen LogP contribution in [0.25, 0.3) is 34.3 Å². The predicted octanol–water partition coefficient (Wildman–Crippen LogP) is 4.09. The van der Waals surface area contributed by atoms with E-state index in [1.54, 1.807) is 19.2 Å². The van der Waals surface area contributed by atoms with Crippen LogP contribution < -0.4 is 0 Å². The molecule has 0 spiro atoms. The zero-order valence-corrected chi connectivity index (χ0v) is 14.8. The van der Waals surface area contributed by atoms with Gasteiger partial charge in [0.15, 0.2) is 0 Å². The normalized spacial score (nSPS) is 10.6. The van der Waals surface area contributed by atoms with Crippen molar-refractivity contribution < 1.29 is 4.42 Å². The summed E-state index contributed by atoms with van der Waals surface area (Å²) in [6.45, 7) is 1.79. The Kier molecular flexibility index (Phi) is 4.32. The summed E-state index contributed by atoms with van der Waals surface area (Å²) in [5, 5.41) is 17.7. The van der Waals surface area contributed by atoms with Crippen molar-refractivity contribution in [2.24, 2.45) is 0 Å². The maximum atomic E-state index is 9.37. The first-order valence-corrected chi connectivity index (χ1v) is 8.33. The summed E-state index contributed by atoms with van der Waals surface area (Å²) in [5.74, 6) is 0.640. The molecule has 0 saturated carbocycles. The fraction of sp³-hybridized carbons (Fsp3) is 0.0526. The molecule has 3 aromatic heterocycles. The number of benzene rings is 1. The fourth-order valence-corrected chi connectivity index (χ4v) is 2.75. The molecular weight excluding hydrogens is 364 g/mol. The van der Waals surface area contributed by atoms with Crippen molar-refractivity contribution in [2.75, 3.05) is 0 Å². The number of nitriles is 1. The first kappa shape index (κ1) is 16.8. The molecule has 4 rings (SSSR count). The second-order valence-corrected chi connectivity index (χ2v) is 5.96. The minimum atomic E-state index is 0.114. The average molecular weight is 375 g/mol. The molecule has 0 radical (unpaired) electrons. The van der Waals surface area contributed by atoms with Crippen molar-refractivity contribution in [1.29, 1.82) is 5.26 Å². The van der Waals surface area contributed by atoms with E-state index in [9.17, 15) is 5.26 Å². The summed E-state index contributed by atoms with van der Waals surface area (Å²) < 4.78 is 5.78. The van der Waals surface area contributed by atoms with Gasteiger partial charge in [-0.15, -0.1) is 10.2 Å². The van der Waals surface area contributed by atoms with Gasteiger partial charge in [0.1, 0.15) is 16.9 Å². The zero-order chi connectivity index (χ0) is 18.8. The Morgan fingerprint density at radius 3 is 2.59 bits per heavy atom. The largest absolute Gasteiger partial charge is 0.415 e. The van der Waals surface area contributed by atoms with Gasteiger partial charge in [-0.3, -0.25) is 4.98 Å². The highest BCUT2D eigenvalue weighted by atomic mass is 35.5. The molecule has 27 heavy (non-hydrogen) atoms. The van der Waals surface area contributed by atoms with Gasteiger partial charge < -0.3 is 4.42 Å². The maximum Gasteiger partial charge on any atom is 0.268 e. The third kappa shape index (κ3) is 3.14. The molecule has 0 unspecified atom stereocenters. The van der Waals surface area contributed by atoms with Crippen molar-refractivity contribution in [1.82, 2.24) is 25.1 Å². The van der Waals surface area contributed by atoms with E-state index in [4.69, 9.17) is 16.0 Å². The predicted molar refractivity (Wildman–Crippen MR) is 98.5 cm³/mol. The molecule has 0 N–H and O–H groups in total. The summed E-state index contributed by atoms with van der Waals surface area (Å²) in [5.41, 5.74) is 3.12. The van der Waals surface area contributed by atoms with Crippen molar-refractivity contribution in [3.63, 3.8) is 0 Å². The van der Waals surface area contributed by atoms with Crippen molar-refractivity contribution in [3.05, 3.63) is 65.2 Å². The Morgan fingerprint density at radius 1 is 1.04 bits per heavy atom. The summed E-state index contributed by atoms with van der Waals surface area (Å²) in [7, 11) is 0. The molecule has 0 saturated heterocycles. The highest BCUT2D eigenvalue weighted by Crippen LogP contribution is 2.29. The second kappa shape index (κ2) is 6.94. The van der Waals surface area contributed by atoms with Crippen LogP contribution in [-0.2, 0) is 0 Å². The highest BCUT2D eigenvalue weighted by Gasteiger charge is 2.18. The molecule has 8 heteroatoms. The molecule has 3 heterocycles. The van der Waals surface area contributed by atoms with E-state index < -0.39 is 0 Å². The molecule has 7 nitrogen and oxygen atoms in total. The molecule has 4 aromatic rings. The molecular formula is C19H11ClN6O. The monoisotopic (exact) mass is 374 g/mol. The van der Waals surface area contributed by atoms with Crippen molar-refractivity contribution >= 4 is 11.6 Å². The van der Waals surface area contributed by atoms with E-state index >= 15 is 0 Å². The number of hydrogen-bond acceptors (Lipinski definition) is 7. The van der Waals surface area contributed by atoms with Gasteiger partial charge in [0.2, 0.25) is 5.89 Å². The lowest BCUT2D eigenvalue weighted by atomic mass is 10.1. The van der Waals surface area contributed by atoms with Gasteiger partial charge in [-0.1, -0.05) is 29.8 Å². The standard InChI is InChI=1S/C19H11ClN6O/c1-11-16(19-26-25-18(27-19)12-5-3-2-4-6-12)24-15(10-23-11)13-7-8-22-17(20)14(13)9-21/h2-8,10H,1H3. The van der Waals surface area contributed by atoms with Crippen molar-refractivity contribution in [3.8, 4) is 40.4 Å². The van der Waals surface area contributed by atoms with Crippen LogP contribution >= 0.6 is 11.6 Å². The zero-order valence-electron chi connectivity index (χ0n) is 14.1. The third-order valence-electron chi connectivity index (χ3n) is 3.90. The van der Waals surface area contributed by atoms with Gasteiger partial charge in [0, 0.05) is 17.3 Å². The average Bonchev–Trinajstić information content (AvgIpc) is 3.19. The molecule has 0 atom stereocenters. The van der Waals surface area contributed by atoms with Gasteiger partial charge in [0.25, 0.3) is 5.89 Å². The van der Waals surface area contributed by atoms with Crippen LogP contribution in [0.5, 0.6) is 0 Å². The molecule has 0 bridgehead atoms. The third-order valence-corrected chi connectivity index (χ3v) is 4.18. The van der Waals surface area contributed by atoms with E-state index in [0.717, 1.165) is 5.56 Å². The van der Waals surface area contributed by atoms with Crippen LogP contribution in [0.15, 0.2) is 53.2 Å². The van der Waals surface area contributed by atoms with Crippen molar-refractivity contribution in [2.45, 2.75) is 6.92 Å². The van der Waals surface area contributed by atoms with Gasteiger partial charge in [-0.05, 0) is 25.1 Å². The molecule has 0 aliphatic rings. The minimum Gasteiger partial charge on any atom is -0.415 e. The topological polar surface area (TPSA) is 101 Å². The summed E-state index contributed by atoms with van der Waals surface area (Å²) in [4.78, 5) is 12.9. The fourth-order valence-electron chi connectivity index (χ4n) is 2.55. The molecule has 0 aliphatic heterocycles. The SMILES string of the molecule is Cc1ncc(-c2ccnc(Cl)c2C#N)nc1-c1nnc(-c2ccccc2)o1. The number of aromatic nitrogens is 5. The molecule has 0 aliphatic carbocycles. The Bertz CT molecular complexity index is 1170. The Morgan fingerprint density at radius 2 is 1.81 bits per heavy atom. The van der Waals surface area contributed by atoms with E-state index in [1.807, 2.05) is 36.4 Å². The van der Waals surface area contributed by atoms with E-state index in [1.165, 1.54) is 6.20 Å². The summed E-state index contributed by atoms with van der Waals surface area (Å²) >= 11 is 6.02. The molecule has 0 amide bonds. The van der Waals surface area contributed by atoms with E-state index in [2.05, 4.69) is 25.1 Å². The number of aryl methyl sites for hydroxylation is 1. The Labute approximate surface area is 159 Å². The number of halogens is 1. The number of hydrogen-bond donors (Lipinski definition) is 0. The van der Waals surface area contributed by atoms with Crippen LogP contribution in [-0.4, -0.2) is 25.1 Å². The van der Waals surface area contributed by atoms with E-state index in [0.29, 0.717) is 28.5 Å². The Balaban J connectivity index is 1.80. The minimum absolute atomic E-state index is 0.114. The van der Waals surface area contributed by atoms with Gasteiger partial charge in [-0.2, -0.15) is 5.26 Å². The maximum absolute atomic E-state index is 9.37. The lowest BCUT2D eigenvalue weighted by Gasteiger charge is -2.06. The lowest BCUT2D eigenvalue weighted by molar-refractivity contribution is 0.581. The van der Waals surface area contributed by atoms with Crippen LogP contribution in [0.3, 0.4) is 0 Å². The van der Waals surface area contributed by atoms with Gasteiger partial charge in [-0.25, -0.2) is 9.97 Å². The second-order valence-electron chi connectivity index (χ2n) is 5.60. The van der Waals surface area contributed by atoms with Gasteiger partial charge >= 0.3 is 0 Å². The summed E-state index contributed by atoms with van der Waals surface area (Å²) in [6, 6.07) is 13.2. The Hall–Kier alpha value is -3.63. The van der Waals surface area contributed by atoms with Gasteiger partial charge in [0.05, 0.1) is 23.1 Å². The smallest absolute Gasteiger partial charge is 0.268 e. The highest BCUT2D eigenvalue weighted by molar-refractivity contribution is 6.30. The van der Waals surface area contributed by atoms with E-state index in [-0.39, 0.29) is 16.6 Å². The van der Waals surface area contributed by atoms with Crippen LogP contribution in [0.2, 0.25) is 5.15 Å². The summed E-state index contributed by atoms with van der Waals surface area (Å²) in [6.07, 6.45) is 3.08. The number of pyridine rings is 1.